The molecule has 1 atom stereocenters. The summed E-state index contributed by atoms with van der Waals surface area (Å²) in [5.41, 5.74) is 3.78. The fraction of sp³-hybridized carbons (Fsp3) is 0.429. The van der Waals surface area contributed by atoms with Crippen LogP contribution in [0, 0.1) is 19.8 Å². The first-order valence-electron chi connectivity index (χ1n) is 9.45. The Morgan fingerprint density at radius 3 is 2.57 bits per heavy atom. The minimum absolute atomic E-state index is 0.0328. The Morgan fingerprint density at radius 2 is 1.89 bits per heavy atom. The zero-order valence-electron chi connectivity index (χ0n) is 16.6. The highest BCUT2D eigenvalue weighted by molar-refractivity contribution is 7.88. The van der Waals surface area contributed by atoms with E-state index in [2.05, 4.69) is 4.98 Å². The van der Waals surface area contributed by atoms with Gasteiger partial charge in [-0.25, -0.2) is 8.42 Å². The van der Waals surface area contributed by atoms with E-state index in [1.165, 1.54) is 4.31 Å². The first-order valence-corrected chi connectivity index (χ1v) is 11.1. The number of aryl methyl sites for hydroxylation is 2. The van der Waals surface area contributed by atoms with Crippen molar-refractivity contribution in [1.82, 2.24) is 14.2 Å². The number of nitrogens with zero attached hydrogens (tertiary/aromatic N) is 3. The van der Waals surface area contributed by atoms with Gasteiger partial charge in [0.1, 0.15) is 0 Å². The average molecular weight is 402 g/mol. The molecule has 1 saturated heterocycles. The number of rotatable bonds is 5. The minimum Gasteiger partial charge on any atom is -0.344 e. The number of benzene rings is 1. The fourth-order valence-electron chi connectivity index (χ4n) is 3.47. The van der Waals surface area contributed by atoms with Gasteiger partial charge in [-0.15, -0.1) is 0 Å². The Balaban J connectivity index is 1.81. The standard InChI is InChI=1S/C21H27N3O3S/c1-16-7-8-18(12-17(16)2)15-28(26,27)24-11-10-23(3)21(25)19(14-24)13-20-6-4-5-9-22-20/h4-9,12,19H,10-11,13-15H2,1-3H3/t19-/m0/s1. The number of carbonyl (C=O) groups excluding carboxylic acids is 1. The smallest absolute Gasteiger partial charge is 0.227 e. The molecule has 0 bridgehead atoms. The van der Waals surface area contributed by atoms with Crippen LogP contribution in [0.2, 0.25) is 0 Å². The zero-order chi connectivity index (χ0) is 20.3. The van der Waals surface area contributed by atoms with Gasteiger partial charge in [0.25, 0.3) is 0 Å². The van der Waals surface area contributed by atoms with Gasteiger partial charge < -0.3 is 4.90 Å². The van der Waals surface area contributed by atoms with Crippen molar-refractivity contribution in [2.75, 3.05) is 26.7 Å². The number of hydrogen-bond donors (Lipinski definition) is 0. The Bertz CT molecular complexity index is 945. The summed E-state index contributed by atoms with van der Waals surface area (Å²) in [6.07, 6.45) is 2.12. The average Bonchev–Trinajstić information content (AvgIpc) is 2.79. The molecule has 1 aliphatic rings. The van der Waals surface area contributed by atoms with Crippen molar-refractivity contribution >= 4 is 15.9 Å². The Morgan fingerprint density at radius 1 is 1.11 bits per heavy atom. The van der Waals surface area contributed by atoms with Gasteiger partial charge in [-0.2, -0.15) is 4.31 Å². The summed E-state index contributed by atoms with van der Waals surface area (Å²) in [4.78, 5) is 18.7. The molecule has 3 rings (SSSR count). The van der Waals surface area contributed by atoms with E-state index in [1.54, 1.807) is 18.1 Å². The predicted octanol–water partition coefficient (Wildman–Crippen LogP) is 2.16. The SMILES string of the molecule is Cc1ccc(CS(=O)(=O)N2CCN(C)C(=O)[C@@H](Cc3ccccn3)C2)cc1C. The zero-order valence-corrected chi connectivity index (χ0v) is 17.4. The van der Waals surface area contributed by atoms with Crippen LogP contribution in [-0.2, 0) is 27.0 Å². The molecule has 1 fully saturated rings. The van der Waals surface area contributed by atoms with E-state index in [4.69, 9.17) is 0 Å². The molecule has 1 aromatic carbocycles. The molecule has 2 heterocycles. The van der Waals surface area contributed by atoms with Gasteiger partial charge in [-0.1, -0.05) is 24.3 Å². The highest BCUT2D eigenvalue weighted by Crippen LogP contribution is 2.20. The van der Waals surface area contributed by atoms with E-state index < -0.39 is 15.9 Å². The Hall–Kier alpha value is -2.25. The van der Waals surface area contributed by atoms with Gasteiger partial charge in [-0.3, -0.25) is 9.78 Å². The van der Waals surface area contributed by atoms with Gasteiger partial charge in [-0.05, 0) is 42.7 Å². The van der Waals surface area contributed by atoms with Crippen LogP contribution in [0.3, 0.4) is 0 Å². The first-order chi connectivity index (χ1) is 13.3. The van der Waals surface area contributed by atoms with Crippen molar-refractivity contribution in [2.24, 2.45) is 5.92 Å². The van der Waals surface area contributed by atoms with Gasteiger partial charge in [0, 0.05) is 45.0 Å². The van der Waals surface area contributed by atoms with Crippen molar-refractivity contribution in [3.05, 3.63) is 65.0 Å². The lowest BCUT2D eigenvalue weighted by atomic mass is 10.0. The molecule has 0 saturated carbocycles. The summed E-state index contributed by atoms with van der Waals surface area (Å²) in [7, 11) is -1.80. The molecule has 1 aromatic heterocycles. The van der Waals surface area contributed by atoms with Gasteiger partial charge in [0.15, 0.2) is 0 Å². The first kappa shape index (κ1) is 20.5. The topological polar surface area (TPSA) is 70.6 Å². The predicted molar refractivity (Wildman–Crippen MR) is 109 cm³/mol. The molecule has 1 aliphatic heterocycles. The fourth-order valence-corrected chi connectivity index (χ4v) is 5.02. The molecular weight excluding hydrogens is 374 g/mol. The van der Waals surface area contributed by atoms with E-state index in [0.29, 0.717) is 19.5 Å². The highest BCUT2D eigenvalue weighted by Gasteiger charge is 2.34. The van der Waals surface area contributed by atoms with E-state index in [9.17, 15) is 13.2 Å². The van der Waals surface area contributed by atoms with Crippen LogP contribution in [0.5, 0.6) is 0 Å². The number of hydrogen-bond acceptors (Lipinski definition) is 4. The number of likely N-dealkylation sites (N-methyl/N-ethyl adjacent to an activating group) is 1. The van der Waals surface area contributed by atoms with E-state index in [0.717, 1.165) is 22.4 Å². The molecule has 1 amide bonds. The molecule has 28 heavy (non-hydrogen) atoms. The van der Waals surface area contributed by atoms with Gasteiger partial charge in [0.2, 0.25) is 15.9 Å². The third-order valence-corrected chi connectivity index (χ3v) is 7.15. The lowest BCUT2D eigenvalue weighted by Gasteiger charge is -2.23. The maximum Gasteiger partial charge on any atom is 0.227 e. The number of carbonyl (C=O) groups is 1. The van der Waals surface area contributed by atoms with Crippen LogP contribution in [-0.4, -0.2) is 55.2 Å². The molecule has 0 radical (unpaired) electrons. The number of pyridine rings is 1. The van der Waals surface area contributed by atoms with Gasteiger partial charge >= 0.3 is 0 Å². The largest absolute Gasteiger partial charge is 0.344 e. The lowest BCUT2D eigenvalue weighted by molar-refractivity contribution is -0.133. The summed E-state index contributed by atoms with van der Waals surface area (Å²) in [6, 6.07) is 11.3. The molecule has 150 valence electrons. The number of amides is 1. The summed E-state index contributed by atoms with van der Waals surface area (Å²) in [5, 5.41) is 0. The molecule has 0 N–H and O–H groups in total. The van der Waals surface area contributed by atoms with Crippen molar-refractivity contribution in [2.45, 2.75) is 26.0 Å². The Labute approximate surface area is 167 Å². The monoisotopic (exact) mass is 401 g/mol. The maximum atomic E-state index is 13.1. The third-order valence-electron chi connectivity index (χ3n) is 5.33. The summed E-state index contributed by atoms with van der Waals surface area (Å²) < 4.78 is 27.7. The van der Waals surface area contributed by atoms with Crippen LogP contribution >= 0.6 is 0 Å². The lowest BCUT2D eigenvalue weighted by Crippen LogP contribution is -2.38. The molecular formula is C21H27N3O3S. The molecule has 0 aliphatic carbocycles. The van der Waals surface area contributed by atoms with Crippen molar-refractivity contribution in [3.8, 4) is 0 Å². The second-order valence-corrected chi connectivity index (χ2v) is 9.48. The highest BCUT2D eigenvalue weighted by atomic mass is 32.2. The van der Waals surface area contributed by atoms with E-state index in [-0.39, 0.29) is 18.2 Å². The van der Waals surface area contributed by atoms with Crippen LogP contribution in [0.15, 0.2) is 42.6 Å². The minimum atomic E-state index is -3.53. The van der Waals surface area contributed by atoms with Gasteiger partial charge in [0.05, 0.1) is 11.7 Å². The van der Waals surface area contributed by atoms with E-state index in [1.807, 2.05) is 50.2 Å². The second kappa shape index (κ2) is 8.41. The maximum absolute atomic E-state index is 13.1. The summed E-state index contributed by atoms with van der Waals surface area (Å²) in [5.74, 6) is -0.519. The van der Waals surface area contributed by atoms with Crippen LogP contribution in [0.1, 0.15) is 22.4 Å². The van der Waals surface area contributed by atoms with E-state index >= 15 is 0 Å². The molecule has 0 spiro atoms. The molecule has 0 unspecified atom stereocenters. The quantitative estimate of drug-likeness (QED) is 0.770. The van der Waals surface area contributed by atoms with Crippen LogP contribution < -0.4 is 0 Å². The van der Waals surface area contributed by atoms with Crippen molar-refractivity contribution < 1.29 is 13.2 Å². The molecule has 7 heteroatoms. The number of sulfonamides is 1. The van der Waals surface area contributed by atoms with Crippen molar-refractivity contribution in [1.29, 1.82) is 0 Å². The normalized spacial score (nSPS) is 18.9. The summed E-state index contributed by atoms with van der Waals surface area (Å²) >= 11 is 0. The molecule has 6 nitrogen and oxygen atoms in total. The second-order valence-electron chi connectivity index (χ2n) is 7.51. The molecule has 2 aromatic rings. The van der Waals surface area contributed by atoms with Crippen LogP contribution in [0.25, 0.3) is 0 Å². The Kier molecular flexibility index (Phi) is 6.15. The van der Waals surface area contributed by atoms with Crippen molar-refractivity contribution in [3.63, 3.8) is 0 Å². The number of aromatic nitrogens is 1. The summed E-state index contributed by atoms with van der Waals surface area (Å²) in [6.45, 7) is 4.88. The third kappa shape index (κ3) is 4.77. The van der Waals surface area contributed by atoms with Crippen LogP contribution in [0.4, 0.5) is 0 Å².